The van der Waals surface area contributed by atoms with Gasteiger partial charge in [0.05, 0.1) is 22.7 Å². The molecule has 1 saturated heterocycles. The number of amides is 1. The van der Waals surface area contributed by atoms with Gasteiger partial charge in [0.25, 0.3) is 11.7 Å². The van der Waals surface area contributed by atoms with Crippen LogP contribution in [-0.2, 0) is 21.4 Å². The van der Waals surface area contributed by atoms with Crippen molar-refractivity contribution in [2.45, 2.75) is 18.4 Å². The molecular formula is C21H23N3O4S. The van der Waals surface area contributed by atoms with E-state index >= 15 is 0 Å². The molecule has 29 heavy (non-hydrogen) atoms. The van der Waals surface area contributed by atoms with Crippen molar-refractivity contribution in [2.75, 3.05) is 37.6 Å². The lowest BCUT2D eigenvalue weighted by Gasteiger charge is -2.33. The molecule has 2 aromatic carbocycles. The fraction of sp³-hybridized carbons (Fsp3) is 0.333. The van der Waals surface area contributed by atoms with Crippen LogP contribution < -0.4 is 4.90 Å². The van der Waals surface area contributed by atoms with Crippen molar-refractivity contribution in [1.82, 2.24) is 9.21 Å². The van der Waals surface area contributed by atoms with Gasteiger partial charge in [-0.3, -0.25) is 9.59 Å². The maximum atomic E-state index is 13.0. The minimum atomic E-state index is -3.71. The molecule has 0 aliphatic carbocycles. The molecule has 2 aromatic rings. The third-order valence-corrected chi connectivity index (χ3v) is 7.44. The lowest BCUT2D eigenvalue weighted by atomic mass is 10.1. The van der Waals surface area contributed by atoms with Crippen molar-refractivity contribution in [2.24, 2.45) is 0 Å². The maximum Gasteiger partial charge on any atom is 0.299 e. The average Bonchev–Trinajstić information content (AvgIpc) is 2.99. The zero-order valence-electron chi connectivity index (χ0n) is 16.2. The zero-order valence-corrected chi connectivity index (χ0v) is 17.1. The molecule has 2 aliphatic rings. The summed E-state index contributed by atoms with van der Waals surface area (Å²) in [5, 5.41) is 0. The molecule has 1 fully saturated rings. The van der Waals surface area contributed by atoms with Gasteiger partial charge in [0, 0.05) is 26.2 Å². The lowest BCUT2D eigenvalue weighted by Crippen LogP contribution is -2.48. The molecule has 7 nitrogen and oxygen atoms in total. The molecule has 2 heterocycles. The summed E-state index contributed by atoms with van der Waals surface area (Å²) in [5.74, 6) is -1.29. The van der Waals surface area contributed by atoms with Crippen LogP contribution >= 0.6 is 0 Å². The van der Waals surface area contributed by atoms with Crippen LogP contribution in [0, 0.1) is 0 Å². The van der Waals surface area contributed by atoms with Gasteiger partial charge in [-0.05, 0) is 30.3 Å². The van der Waals surface area contributed by atoms with Crippen molar-refractivity contribution in [3.8, 4) is 0 Å². The number of ketones is 1. The minimum Gasteiger partial charge on any atom is -0.301 e. The highest BCUT2D eigenvalue weighted by molar-refractivity contribution is 7.89. The first-order valence-electron chi connectivity index (χ1n) is 9.68. The predicted octanol–water partition coefficient (Wildman–Crippen LogP) is 1.74. The highest BCUT2D eigenvalue weighted by Gasteiger charge is 2.37. The first kappa shape index (κ1) is 19.8. The Bertz CT molecular complexity index is 1040. The van der Waals surface area contributed by atoms with E-state index in [4.69, 9.17) is 0 Å². The summed E-state index contributed by atoms with van der Waals surface area (Å²) in [6.45, 7) is 5.41. The van der Waals surface area contributed by atoms with Crippen LogP contribution in [0.2, 0.25) is 0 Å². The number of carbonyl (C=O) groups is 2. The number of Topliss-reactive ketones (excluding diaryl/α,β-unsaturated/α-hetero) is 1. The average molecular weight is 413 g/mol. The van der Waals surface area contributed by atoms with Crippen LogP contribution in [0.15, 0.2) is 53.4 Å². The Morgan fingerprint density at radius 2 is 1.62 bits per heavy atom. The normalized spacial score (nSPS) is 18.3. The predicted molar refractivity (Wildman–Crippen MR) is 109 cm³/mol. The number of piperazine rings is 1. The van der Waals surface area contributed by atoms with Gasteiger partial charge < -0.3 is 9.80 Å². The molecule has 0 saturated carbocycles. The number of likely N-dealkylation sites (N-methyl/N-ethyl adjacent to an activating group) is 1. The molecule has 1 amide bonds. The molecule has 0 radical (unpaired) electrons. The summed E-state index contributed by atoms with van der Waals surface area (Å²) in [7, 11) is -3.71. The van der Waals surface area contributed by atoms with Crippen LogP contribution in [0.4, 0.5) is 5.69 Å². The van der Waals surface area contributed by atoms with Crippen molar-refractivity contribution >= 4 is 27.4 Å². The first-order chi connectivity index (χ1) is 13.9. The zero-order chi connectivity index (χ0) is 20.6. The van der Waals surface area contributed by atoms with Crippen molar-refractivity contribution in [3.63, 3.8) is 0 Å². The van der Waals surface area contributed by atoms with Crippen LogP contribution in [-0.4, -0.2) is 62.0 Å². The number of fused-ring (bicyclic) bond motifs is 1. The standard InChI is InChI=1S/C21H23N3O4S/c1-2-22-10-12-23(13-11-22)29(27,28)17-8-9-19-18(14-17)20(25)21(26)24(19)15-16-6-4-3-5-7-16/h3-9,14H,2,10-13,15H2,1H3. The second-order valence-electron chi connectivity index (χ2n) is 7.22. The highest BCUT2D eigenvalue weighted by atomic mass is 32.2. The van der Waals surface area contributed by atoms with Crippen LogP contribution in [0.1, 0.15) is 22.8 Å². The fourth-order valence-corrected chi connectivity index (χ4v) is 5.25. The monoisotopic (exact) mass is 413 g/mol. The van der Waals surface area contributed by atoms with E-state index in [1.54, 1.807) is 6.07 Å². The second-order valence-corrected chi connectivity index (χ2v) is 9.16. The summed E-state index contributed by atoms with van der Waals surface area (Å²) < 4.78 is 27.5. The van der Waals surface area contributed by atoms with Crippen LogP contribution in [0.5, 0.6) is 0 Å². The third-order valence-electron chi connectivity index (χ3n) is 5.54. The maximum absolute atomic E-state index is 13.0. The molecule has 2 aliphatic heterocycles. The van der Waals surface area contributed by atoms with Crippen LogP contribution in [0.3, 0.4) is 0 Å². The Hall–Kier alpha value is -2.55. The topological polar surface area (TPSA) is 78.0 Å². The number of nitrogens with zero attached hydrogens (tertiary/aromatic N) is 3. The summed E-state index contributed by atoms with van der Waals surface area (Å²) in [4.78, 5) is 28.7. The molecule has 4 rings (SSSR count). The van der Waals surface area contributed by atoms with Gasteiger partial charge >= 0.3 is 0 Å². The van der Waals surface area contributed by atoms with E-state index in [-0.39, 0.29) is 17.0 Å². The van der Waals surface area contributed by atoms with Gasteiger partial charge in [-0.1, -0.05) is 37.3 Å². The van der Waals surface area contributed by atoms with E-state index in [1.165, 1.54) is 21.3 Å². The molecule has 0 aromatic heterocycles. The van der Waals surface area contributed by atoms with Gasteiger partial charge in [-0.2, -0.15) is 4.31 Å². The highest BCUT2D eigenvalue weighted by Crippen LogP contribution is 2.33. The summed E-state index contributed by atoms with van der Waals surface area (Å²) in [5.41, 5.74) is 1.50. The van der Waals surface area contributed by atoms with Gasteiger partial charge in [0.2, 0.25) is 10.0 Å². The number of benzene rings is 2. The van der Waals surface area contributed by atoms with E-state index in [9.17, 15) is 18.0 Å². The van der Waals surface area contributed by atoms with E-state index in [1.807, 2.05) is 30.3 Å². The number of hydrogen-bond donors (Lipinski definition) is 0. The Balaban J connectivity index is 1.62. The van der Waals surface area contributed by atoms with Gasteiger partial charge in [-0.15, -0.1) is 0 Å². The smallest absolute Gasteiger partial charge is 0.299 e. The number of anilines is 1. The Labute approximate surface area is 170 Å². The minimum absolute atomic E-state index is 0.0592. The van der Waals surface area contributed by atoms with Crippen LogP contribution in [0.25, 0.3) is 0 Å². The van der Waals surface area contributed by atoms with Crippen molar-refractivity contribution in [1.29, 1.82) is 0 Å². The SMILES string of the molecule is CCN1CCN(S(=O)(=O)c2ccc3c(c2)C(=O)C(=O)N3Cc2ccccc2)CC1. The van der Waals surface area contributed by atoms with E-state index in [0.717, 1.165) is 12.1 Å². The first-order valence-corrected chi connectivity index (χ1v) is 11.1. The molecule has 152 valence electrons. The van der Waals surface area contributed by atoms with Gasteiger partial charge in [-0.25, -0.2) is 8.42 Å². The molecule has 0 N–H and O–H groups in total. The molecule has 0 atom stereocenters. The number of sulfonamides is 1. The third kappa shape index (κ3) is 3.59. The summed E-state index contributed by atoms with van der Waals surface area (Å²) >= 11 is 0. The summed E-state index contributed by atoms with van der Waals surface area (Å²) in [6.07, 6.45) is 0. The molecule has 8 heteroatoms. The Kier molecular flexibility index (Phi) is 5.24. The molecule has 0 bridgehead atoms. The number of carbonyl (C=O) groups excluding carboxylic acids is 2. The summed E-state index contributed by atoms with van der Waals surface area (Å²) in [6, 6.07) is 13.8. The van der Waals surface area contributed by atoms with Gasteiger partial charge in [0.15, 0.2) is 0 Å². The van der Waals surface area contributed by atoms with Crippen molar-refractivity contribution < 1.29 is 18.0 Å². The van der Waals surface area contributed by atoms with Gasteiger partial charge in [0.1, 0.15) is 0 Å². The van der Waals surface area contributed by atoms with E-state index < -0.39 is 21.7 Å². The Morgan fingerprint density at radius 1 is 0.931 bits per heavy atom. The van der Waals surface area contributed by atoms with E-state index in [0.29, 0.717) is 31.9 Å². The number of rotatable bonds is 5. The number of hydrogen-bond acceptors (Lipinski definition) is 5. The largest absolute Gasteiger partial charge is 0.301 e. The quantitative estimate of drug-likeness (QED) is 0.698. The Morgan fingerprint density at radius 3 is 2.28 bits per heavy atom. The molecule has 0 unspecified atom stereocenters. The fourth-order valence-electron chi connectivity index (χ4n) is 3.80. The van der Waals surface area contributed by atoms with Crippen molar-refractivity contribution in [3.05, 3.63) is 59.7 Å². The van der Waals surface area contributed by atoms with E-state index in [2.05, 4.69) is 11.8 Å². The second kappa shape index (κ2) is 7.70. The lowest BCUT2D eigenvalue weighted by molar-refractivity contribution is -0.114. The molecule has 0 spiro atoms. The molecular weight excluding hydrogens is 390 g/mol.